The van der Waals surface area contributed by atoms with Crippen LogP contribution in [0.1, 0.15) is 21.5 Å². The summed E-state index contributed by atoms with van der Waals surface area (Å²) in [6.45, 7) is -0.0184. The Kier molecular flexibility index (Phi) is 5.81. The largest absolute Gasteiger partial charge is 0.392 e. The van der Waals surface area contributed by atoms with Crippen molar-refractivity contribution in [2.75, 3.05) is 0 Å². The molecule has 0 amide bonds. The third-order valence-electron chi connectivity index (χ3n) is 4.56. The summed E-state index contributed by atoms with van der Waals surface area (Å²) in [6, 6.07) is 17.8. The molecule has 2 N–H and O–H groups in total. The summed E-state index contributed by atoms with van der Waals surface area (Å²) in [5, 5.41) is 9.10. The van der Waals surface area contributed by atoms with Gasteiger partial charge in [0.15, 0.2) is 5.78 Å². The molecule has 150 valence electrons. The number of ketones is 1. The maximum Gasteiger partial charge on any atom is 0.330 e. The van der Waals surface area contributed by atoms with Crippen LogP contribution >= 0.6 is 22.9 Å². The van der Waals surface area contributed by atoms with Gasteiger partial charge in [-0.2, -0.15) is 0 Å². The minimum absolute atomic E-state index is 0.0184. The molecule has 0 saturated carbocycles. The van der Waals surface area contributed by atoms with E-state index in [1.54, 1.807) is 54.7 Å². The molecule has 2 aromatic heterocycles. The molecule has 0 saturated heterocycles. The Hall–Kier alpha value is -3.19. The van der Waals surface area contributed by atoms with E-state index in [9.17, 15) is 9.59 Å². The summed E-state index contributed by atoms with van der Waals surface area (Å²) in [5.41, 5.74) is 3.12. The van der Waals surface area contributed by atoms with E-state index in [4.69, 9.17) is 16.7 Å². The molecule has 2 heterocycles. The van der Waals surface area contributed by atoms with E-state index in [1.165, 1.54) is 22.0 Å². The van der Waals surface area contributed by atoms with Crippen LogP contribution in [-0.4, -0.2) is 20.4 Å². The number of aliphatic hydroxyl groups excluding tert-OH is 1. The Morgan fingerprint density at radius 2 is 1.93 bits per heavy atom. The first-order chi connectivity index (χ1) is 14.5. The number of carbonyl (C=O) groups excluding carboxylic acids is 1. The molecule has 0 radical (unpaired) electrons. The lowest BCUT2D eigenvalue weighted by Crippen LogP contribution is -2.14. The second-order valence-corrected chi connectivity index (χ2v) is 8.31. The van der Waals surface area contributed by atoms with E-state index < -0.39 is 0 Å². The minimum Gasteiger partial charge on any atom is -0.392 e. The van der Waals surface area contributed by atoms with Crippen molar-refractivity contribution in [3.63, 3.8) is 0 Å². The van der Waals surface area contributed by atoms with E-state index in [0.29, 0.717) is 21.3 Å². The van der Waals surface area contributed by atoms with Crippen molar-refractivity contribution in [2.24, 2.45) is 0 Å². The zero-order valence-corrected chi connectivity index (χ0v) is 17.3. The second-order valence-electron chi connectivity index (χ2n) is 6.59. The normalized spacial score (nSPS) is 11.3. The predicted molar refractivity (Wildman–Crippen MR) is 120 cm³/mol. The average Bonchev–Trinajstić information content (AvgIpc) is 3.38. The van der Waals surface area contributed by atoms with Gasteiger partial charge in [-0.1, -0.05) is 54.1 Å². The van der Waals surface area contributed by atoms with Crippen molar-refractivity contribution in [1.29, 1.82) is 0 Å². The summed E-state index contributed by atoms with van der Waals surface area (Å²) >= 11 is 7.36. The fourth-order valence-electron chi connectivity index (χ4n) is 2.98. The topological polar surface area (TPSA) is 75.1 Å². The number of H-pyrrole nitrogens is 1. The van der Waals surface area contributed by atoms with Crippen LogP contribution in [0.5, 0.6) is 0 Å². The first-order valence-corrected chi connectivity index (χ1v) is 10.3. The van der Waals surface area contributed by atoms with Crippen LogP contribution in [0.4, 0.5) is 0 Å². The molecule has 0 aliphatic carbocycles. The lowest BCUT2D eigenvalue weighted by Gasteiger charge is -2.03. The molecule has 0 spiro atoms. The zero-order valence-electron chi connectivity index (χ0n) is 15.7. The number of carbonyl (C=O) groups is 1. The third-order valence-corrected chi connectivity index (χ3v) is 5.82. The van der Waals surface area contributed by atoms with Crippen LogP contribution in [0.15, 0.2) is 77.7 Å². The highest BCUT2D eigenvalue weighted by Crippen LogP contribution is 2.29. The highest BCUT2D eigenvalue weighted by atomic mass is 35.5. The van der Waals surface area contributed by atoms with Gasteiger partial charge in [-0.3, -0.25) is 9.36 Å². The number of aromatic nitrogens is 2. The van der Waals surface area contributed by atoms with Gasteiger partial charge in [0.2, 0.25) is 0 Å². The number of imidazole rings is 1. The number of aliphatic hydroxyl groups is 1. The monoisotopic (exact) mass is 436 g/mol. The summed E-state index contributed by atoms with van der Waals surface area (Å²) in [6.07, 6.45) is 4.91. The fraction of sp³-hybridized carbons (Fsp3) is 0.0435. The van der Waals surface area contributed by atoms with Gasteiger partial charge in [-0.05, 0) is 41.5 Å². The minimum atomic E-state index is -0.293. The Labute approximate surface area is 181 Å². The predicted octanol–water partition coefficient (Wildman–Crippen LogP) is 4.94. The summed E-state index contributed by atoms with van der Waals surface area (Å²) in [7, 11) is 0. The van der Waals surface area contributed by atoms with Crippen molar-refractivity contribution in [3.05, 3.63) is 104 Å². The van der Waals surface area contributed by atoms with Crippen molar-refractivity contribution in [2.45, 2.75) is 6.61 Å². The number of aromatic amines is 1. The molecule has 0 aliphatic heterocycles. The van der Waals surface area contributed by atoms with E-state index in [-0.39, 0.29) is 18.1 Å². The van der Waals surface area contributed by atoms with Gasteiger partial charge in [0.05, 0.1) is 27.2 Å². The Bertz CT molecular complexity index is 1280. The second kappa shape index (κ2) is 8.67. The van der Waals surface area contributed by atoms with Crippen LogP contribution in [-0.2, 0) is 6.61 Å². The van der Waals surface area contributed by atoms with Gasteiger partial charge >= 0.3 is 5.69 Å². The fourth-order valence-corrected chi connectivity index (χ4v) is 3.99. The average molecular weight is 437 g/mol. The number of hydrogen-bond acceptors (Lipinski definition) is 4. The standard InChI is InChI=1S/C23H17ClN2O3S/c24-22-11-10-21(30-22)19-13-26(23(29)25-19)18-3-1-2-17(12-18)20(28)9-8-15-4-6-16(14-27)7-5-15/h1-13,27H,14H2,(H,25,29)/b9-8+. The number of allylic oxidation sites excluding steroid dienone is 1. The summed E-state index contributed by atoms with van der Waals surface area (Å²) < 4.78 is 2.11. The molecule has 0 aliphatic rings. The molecule has 0 bridgehead atoms. The van der Waals surface area contributed by atoms with Crippen molar-refractivity contribution < 1.29 is 9.90 Å². The number of thiophene rings is 1. The molecule has 0 unspecified atom stereocenters. The number of hydrogen-bond donors (Lipinski definition) is 2. The highest BCUT2D eigenvalue weighted by Gasteiger charge is 2.11. The third kappa shape index (κ3) is 4.36. The van der Waals surface area contributed by atoms with Crippen LogP contribution in [0.2, 0.25) is 4.34 Å². The van der Waals surface area contributed by atoms with Crippen LogP contribution in [0, 0.1) is 0 Å². The molecule has 7 heteroatoms. The van der Waals surface area contributed by atoms with Crippen molar-refractivity contribution >= 4 is 34.8 Å². The van der Waals surface area contributed by atoms with Gasteiger partial charge in [0, 0.05) is 11.8 Å². The number of halogens is 1. The number of nitrogens with zero attached hydrogens (tertiary/aromatic N) is 1. The van der Waals surface area contributed by atoms with Gasteiger partial charge in [-0.15, -0.1) is 11.3 Å². The number of nitrogens with one attached hydrogen (secondary N) is 1. The lowest BCUT2D eigenvalue weighted by molar-refractivity contribution is 0.104. The molecule has 4 aromatic rings. The van der Waals surface area contributed by atoms with Crippen LogP contribution in [0.3, 0.4) is 0 Å². The SMILES string of the molecule is O=C(/C=C/c1ccc(CO)cc1)c1cccc(-n2cc(-c3ccc(Cl)s3)[nH]c2=O)c1. The Morgan fingerprint density at radius 3 is 2.63 bits per heavy atom. The van der Waals surface area contributed by atoms with Crippen LogP contribution < -0.4 is 5.69 Å². The van der Waals surface area contributed by atoms with Gasteiger partial charge in [-0.25, -0.2) is 4.79 Å². The Balaban J connectivity index is 1.58. The van der Waals surface area contributed by atoms with Gasteiger partial charge in [0.25, 0.3) is 0 Å². The van der Waals surface area contributed by atoms with E-state index >= 15 is 0 Å². The molecule has 0 atom stereocenters. The van der Waals surface area contributed by atoms with Crippen molar-refractivity contribution in [1.82, 2.24) is 9.55 Å². The van der Waals surface area contributed by atoms with E-state index in [2.05, 4.69) is 4.98 Å². The maximum absolute atomic E-state index is 12.6. The van der Waals surface area contributed by atoms with Crippen LogP contribution in [0.25, 0.3) is 22.3 Å². The molecular weight excluding hydrogens is 420 g/mol. The number of benzene rings is 2. The Morgan fingerprint density at radius 1 is 1.13 bits per heavy atom. The van der Waals surface area contributed by atoms with Gasteiger partial charge in [0.1, 0.15) is 0 Å². The molecular formula is C23H17ClN2O3S. The zero-order chi connectivity index (χ0) is 21.1. The first-order valence-electron chi connectivity index (χ1n) is 9.13. The lowest BCUT2D eigenvalue weighted by atomic mass is 10.1. The van der Waals surface area contributed by atoms with E-state index in [0.717, 1.165) is 16.0 Å². The smallest absolute Gasteiger partial charge is 0.330 e. The molecule has 4 rings (SSSR count). The van der Waals surface area contributed by atoms with E-state index in [1.807, 2.05) is 18.2 Å². The summed E-state index contributed by atoms with van der Waals surface area (Å²) in [5.74, 6) is -0.170. The number of rotatable bonds is 6. The van der Waals surface area contributed by atoms with Crippen molar-refractivity contribution in [3.8, 4) is 16.3 Å². The highest BCUT2D eigenvalue weighted by molar-refractivity contribution is 7.19. The maximum atomic E-state index is 12.6. The molecule has 30 heavy (non-hydrogen) atoms. The molecule has 0 fully saturated rings. The quantitative estimate of drug-likeness (QED) is 0.332. The van der Waals surface area contributed by atoms with Gasteiger partial charge < -0.3 is 10.1 Å². The molecule has 5 nitrogen and oxygen atoms in total. The first kappa shape index (κ1) is 20.1. The molecule has 2 aromatic carbocycles. The summed E-state index contributed by atoms with van der Waals surface area (Å²) in [4.78, 5) is 28.7.